The van der Waals surface area contributed by atoms with Crippen LogP contribution in [0.3, 0.4) is 0 Å². The first kappa shape index (κ1) is 14.1. The molecule has 1 aliphatic heterocycles. The standard InChI is InChI=1S/C14H15F3N4/c15-11-6-13(17)12(16)5-10(11)7-21-3-1-9(2-4-21)14-18-8-19-20-14/h5-6,8-9H,1-4,7H2,(H,18,19,20). The number of nitrogens with zero attached hydrogens (tertiary/aromatic N) is 3. The number of hydrogen-bond acceptors (Lipinski definition) is 3. The molecule has 0 saturated carbocycles. The molecule has 1 N–H and O–H groups in total. The zero-order valence-corrected chi connectivity index (χ0v) is 11.3. The zero-order valence-electron chi connectivity index (χ0n) is 11.3. The van der Waals surface area contributed by atoms with E-state index < -0.39 is 17.5 Å². The van der Waals surface area contributed by atoms with E-state index in [0.717, 1.165) is 37.8 Å². The highest BCUT2D eigenvalue weighted by molar-refractivity contribution is 5.20. The Hall–Kier alpha value is -1.89. The second-order valence-electron chi connectivity index (χ2n) is 5.28. The highest BCUT2D eigenvalue weighted by Crippen LogP contribution is 2.26. The van der Waals surface area contributed by atoms with Gasteiger partial charge in [-0.25, -0.2) is 18.2 Å². The Bertz CT molecular complexity index is 607. The number of piperidine rings is 1. The number of H-pyrrole nitrogens is 1. The average molecular weight is 296 g/mol. The summed E-state index contributed by atoms with van der Waals surface area (Å²) in [5.74, 6) is -1.68. The summed E-state index contributed by atoms with van der Waals surface area (Å²) in [6.45, 7) is 1.79. The molecule has 21 heavy (non-hydrogen) atoms. The summed E-state index contributed by atoms with van der Waals surface area (Å²) in [4.78, 5) is 6.18. The molecular weight excluding hydrogens is 281 g/mol. The molecule has 1 aromatic carbocycles. The van der Waals surface area contributed by atoms with E-state index in [1.807, 2.05) is 4.90 Å². The largest absolute Gasteiger partial charge is 0.299 e. The predicted octanol–water partition coefficient (Wildman–Crippen LogP) is 2.60. The van der Waals surface area contributed by atoms with Gasteiger partial charge in [0.05, 0.1) is 0 Å². The first-order valence-corrected chi connectivity index (χ1v) is 6.84. The van der Waals surface area contributed by atoms with Crippen LogP contribution in [0.1, 0.15) is 30.1 Å². The molecule has 1 aromatic heterocycles. The number of hydrogen-bond donors (Lipinski definition) is 1. The first-order valence-electron chi connectivity index (χ1n) is 6.84. The van der Waals surface area contributed by atoms with Gasteiger partial charge < -0.3 is 0 Å². The maximum Gasteiger partial charge on any atom is 0.161 e. The summed E-state index contributed by atoms with van der Waals surface area (Å²) in [6, 6.07) is 1.54. The van der Waals surface area contributed by atoms with Gasteiger partial charge in [0.1, 0.15) is 18.0 Å². The Balaban J connectivity index is 1.62. The van der Waals surface area contributed by atoms with Crippen LogP contribution < -0.4 is 0 Å². The minimum absolute atomic E-state index is 0.187. The predicted molar refractivity (Wildman–Crippen MR) is 70.0 cm³/mol. The highest BCUT2D eigenvalue weighted by Gasteiger charge is 2.23. The fourth-order valence-electron chi connectivity index (χ4n) is 2.70. The van der Waals surface area contributed by atoms with Gasteiger partial charge >= 0.3 is 0 Å². The van der Waals surface area contributed by atoms with Gasteiger partial charge in [-0.1, -0.05) is 0 Å². The molecule has 1 saturated heterocycles. The van der Waals surface area contributed by atoms with Crippen LogP contribution in [0.2, 0.25) is 0 Å². The molecular formula is C14H15F3N4. The molecule has 2 heterocycles. The number of likely N-dealkylation sites (tertiary alicyclic amines) is 1. The molecule has 0 atom stereocenters. The maximum atomic E-state index is 13.6. The minimum atomic E-state index is -1.15. The summed E-state index contributed by atoms with van der Waals surface area (Å²) >= 11 is 0. The molecule has 2 aromatic rings. The molecule has 0 spiro atoms. The fraction of sp³-hybridized carbons (Fsp3) is 0.429. The monoisotopic (exact) mass is 296 g/mol. The molecule has 0 radical (unpaired) electrons. The van der Waals surface area contributed by atoms with Gasteiger partial charge in [0, 0.05) is 24.1 Å². The van der Waals surface area contributed by atoms with Gasteiger partial charge in [0.25, 0.3) is 0 Å². The van der Waals surface area contributed by atoms with E-state index in [1.54, 1.807) is 0 Å². The summed E-state index contributed by atoms with van der Waals surface area (Å²) in [7, 11) is 0. The quantitative estimate of drug-likeness (QED) is 0.886. The van der Waals surface area contributed by atoms with Crippen LogP contribution in [-0.2, 0) is 6.54 Å². The molecule has 1 aliphatic rings. The van der Waals surface area contributed by atoms with Gasteiger partial charge in [-0.3, -0.25) is 10.00 Å². The zero-order chi connectivity index (χ0) is 14.8. The van der Waals surface area contributed by atoms with Crippen LogP contribution in [0.4, 0.5) is 13.2 Å². The Kier molecular flexibility index (Phi) is 3.92. The van der Waals surface area contributed by atoms with E-state index >= 15 is 0 Å². The van der Waals surface area contributed by atoms with Crippen molar-refractivity contribution >= 4 is 0 Å². The summed E-state index contributed by atoms with van der Waals surface area (Å²) in [5, 5.41) is 6.70. The van der Waals surface area contributed by atoms with Crippen LogP contribution in [0.5, 0.6) is 0 Å². The van der Waals surface area contributed by atoms with Gasteiger partial charge in [0.2, 0.25) is 0 Å². The van der Waals surface area contributed by atoms with Gasteiger partial charge in [-0.05, 0) is 32.0 Å². The third kappa shape index (κ3) is 3.07. The molecule has 112 valence electrons. The Morgan fingerprint density at radius 3 is 2.48 bits per heavy atom. The van der Waals surface area contributed by atoms with Crippen molar-refractivity contribution in [2.45, 2.75) is 25.3 Å². The molecule has 0 unspecified atom stereocenters. The fourth-order valence-corrected chi connectivity index (χ4v) is 2.70. The van der Waals surface area contributed by atoms with Crippen LogP contribution >= 0.6 is 0 Å². The molecule has 4 nitrogen and oxygen atoms in total. The molecule has 0 aliphatic carbocycles. The third-order valence-electron chi connectivity index (χ3n) is 3.89. The van der Waals surface area contributed by atoms with E-state index in [4.69, 9.17) is 0 Å². The molecule has 0 bridgehead atoms. The second-order valence-corrected chi connectivity index (χ2v) is 5.28. The lowest BCUT2D eigenvalue weighted by Gasteiger charge is -2.31. The summed E-state index contributed by atoms with van der Waals surface area (Å²) in [5.41, 5.74) is 0.187. The van der Waals surface area contributed by atoms with Crippen molar-refractivity contribution in [2.75, 3.05) is 13.1 Å². The molecule has 0 amide bonds. The van der Waals surface area contributed by atoms with E-state index in [-0.39, 0.29) is 12.1 Å². The van der Waals surface area contributed by atoms with E-state index in [1.165, 1.54) is 6.33 Å². The van der Waals surface area contributed by atoms with Crippen molar-refractivity contribution in [3.63, 3.8) is 0 Å². The number of aromatic nitrogens is 3. The molecule has 7 heteroatoms. The van der Waals surface area contributed by atoms with E-state index in [9.17, 15) is 13.2 Å². The van der Waals surface area contributed by atoms with Crippen LogP contribution in [-0.4, -0.2) is 33.2 Å². The van der Waals surface area contributed by atoms with Crippen molar-refractivity contribution in [2.24, 2.45) is 0 Å². The second kappa shape index (κ2) is 5.85. The van der Waals surface area contributed by atoms with E-state index in [0.29, 0.717) is 12.0 Å². The lowest BCUT2D eigenvalue weighted by molar-refractivity contribution is 0.199. The van der Waals surface area contributed by atoms with Crippen LogP contribution in [0.15, 0.2) is 18.5 Å². The van der Waals surface area contributed by atoms with Crippen molar-refractivity contribution in [1.82, 2.24) is 20.1 Å². The Labute approximate surface area is 120 Å². The van der Waals surface area contributed by atoms with Crippen molar-refractivity contribution in [3.05, 3.63) is 47.3 Å². The topological polar surface area (TPSA) is 44.8 Å². The number of aromatic amines is 1. The Morgan fingerprint density at radius 2 is 1.81 bits per heavy atom. The maximum absolute atomic E-state index is 13.6. The van der Waals surface area contributed by atoms with E-state index in [2.05, 4.69) is 15.2 Å². The summed E-state index contributed by atoms with van der Waals surface area (Å²) in [6.07, 6.45) is 3.24. The molecule has 1 fully saturated rings. The van der Waals surface area contributed by atoms with Crippen molar-refractivity contribution in [3.8, 4) is 0 Å². The lowest BCUT2D eigenvalue weighted by Crippen LogP contribution is -2.33. The van der Waals surface area contributed by atoms with Gasteiger partial charge in [-0.2, -0.15) is 5.10 Å². The molecule has 3 rings (SSSR count). The van der Waals surface area contributed by atoms with Gasteiger partial charge in [0.15, 0.2) is 11.6 Å². The Morgan fingerprint density at radius 1 is 1.10 bits per heavy atom. The first-order chi connectivity index (χ1) is 10.1. The number of halogens is 3. The van der Waals surface area contributed by atoms with Crippen molar-refractivity contribution in [1.29, 1.82) is 0 Å². The highest BCUT2D eigenvalue weighted by atomic mass is 19.2. The SMILES string of the molecule is Fc1cc(F)c(CN2CCC(c3ncn[nH]3)CC2)cc1F. The van der Waals surface area contributed by atoms with Crippen molar-refractivity contribution < 1.29 is 13.2 Å². The average Bonchev–Trinajstić information content (AvgIpc) is 3.00. The normalized spacial score (nSPS) is 17.3. The lowest BCUT2D eigenvalue weighted by atomic mass is 9.96. The number of nitrogens with one attached hydrogen (secondary N) is 1. The third-order valence-corrected chi connectivity index (χ3v) is 3.89. The van der Waals surface area contributed by atoms with Gasteiger partial charge in [-0.15, -0.1) is 0 Å². The minimum Gasteiger partial charge on any atom is -0.299 e. The number of benzene rings is 1. The van der Waals surface area contributed by atoms with Crippen LogP contribution in [0, 0.1) is 17.5 Å². The number of rotatable bonds is 3. The van der Waals surface area contributed by atoms with Crippen LogP contribution in [0.25, 0.3) is 0 Å². The smallest absolute Gasteiger partial charge is 0.161 e. The summed E-state index contributed by atoms with van der Waals surface area (Å²) < 4.78 is 39.7.